The van der Waals surface area contributed by atoms with E-state index in [1.807, 2.05) is 24.3 Å². The summed E-state index contributed by atoms with van der Waals surface area (Å²) in [6.07, 6.45) is 0. The van der Waals surface area contributed by atoms with Gasteiger partial charge in [0, 0.05) is 17.2 Å². The van der Waals surface area contributed by atoms with Crippen LogP contribution in [-0.2, 0) is 0 Å². The molecule has 0 heterocycles. The molecule has 3 heteroatoms. The minimum absolute atomic E-state index is 0.132. The summed E-state index contributed by atoms with van der Waals surface area (Å²) in [5, 5.41) is 9.86. The summed E-state index contributed by atoms with van der Waals surface area (Å²) in [5.74, 6) is 5.78. The summed E-state index contributed by atoms with van der Waals surface area (Å²) in [6.45, 7) is 5.48. The Balaban J connectivity index is 1.87. The van der Waals surface area contributed by atoms with Crippen LogP contribution in [0.2, 0.25) is 0 Å². The van der Waals surface area contributed by atoms with E-state index < -0.39 is 5.60 Å². The largest absolute Gasteiger partial charge is 0.399 e. The fraction of sp³-hybridized carbons (Fsp3) is 0.200. The highest BCUT2D eigenvalue weighted by molar-refractivity contribution is 5.89. The van der Waals surface area contributed by atoms with Gasteiger partial charge in [-0.3, -0.25) is 0 Å². The van der Waals surface area contributed by atoms with Crippen molar-refractivity contribution in [2.24, 2.45) is 0 Å². The van der Waals surface area contributed by atoms with Crippen molar-refractivity contribution in [1.29, 1.82) is 0 Å². The van der Waals surface area contributed by atoms with Crippen molar-refractivity contribution in [1.82, 2.24) is 0 Å². The molecule has 3 aromatic carbocycles. The van der Waals surface area contributed by atoms with E-state index in [9.17, 15) is 9.50 Å². The number of halogens is 1. The van der Waals surface area contributed by atoms with Gasteiger partial charge in [0.2, 0.25) is 0 Å². The Kier molecular flexibility index (Phi) is 4.25. The first-order valence-corrected chi connectivity index (χ1v) is 9.32. The highest BCUT2D eigenvalue weighted by atomic mass is 19.1. The van der Waals surface area contributed by atoms with Gasteiger partial charge < -0.3 is 10.8 Å². The topological polar surface area (TPSA) is 46.2 Å². The minimum Gasteiger partial charge on any atom is -0.399 e. The quantitative estimate of drug-likeness (QED) is 0.449. The first-order valence-electron chi connectivity index (χ1n) is 9.32. The van der Waals surface area contributed by atoms with Crippen molar-refractivity contribution in [3.8, 4) is 34.1 Å². The zero-order valence-electron chi connectivity index (χ0n) is 16.2. The second kappa shape index (κ2) is 6.51. The molecule has 0 aliphatic heterocycles. The molecule has 0 radical (unpaired) electrons. The second-order valence-corrected chi connectivity index (χ2v) is 7.87. The van der Waals surface area contributed by atoms with Gasteiger partial charge in [0.1, 0.15) is 11.4 Å². The van der Waals surface area contributed by atoms with Gasteiger partial charge in [0.25, 0.3) is 0 Å². The molecule has 1 aliphatic carbocycles. The van der Waals surface area contributed by atoms with E-state index in [2.05, 4.69) is 30.9 Å². The smallest absolute Gasteiger partial charge is 0.123 e. The van der Waals surface area contributed by atoms with E-state index in [0.717, 1.165) is 33.4 Å². The van der Waals surface area contributed by atoms with Crippen LogP contribution in [0.1, 0.15) is 43.4 Å². The van der Waals surface area contributed by atoms with Gasteiger partial charge in [-0.05, 0) is 83.6 Å². The van der Waals surface area contributed by atoms with Crippen molar-refractivity contribution in [2.75, 3.05) is 5.73 Å². The molecule has 3 aromatic rings. The molecule has 0 saturated heterocycles. The lowest BCUT2D eigenvalue weighted by Gasteiger charge is -2.14. The molecule has 1 atom stereocenters. The Labute approximate surface area is 164 Å². The summed E-state index contributed by atoms with van der Waals surface area (Å²) in [5.41, 5.74) is 13.0. The standard InChI is InChI=1S/C25H22FNO/c1-15-21-11-16(9-10-25(2,3)28)7-8-20(21)23-14-19(27)13-22(24(15)23)17-5-4-6-18(26)12-17/h4-8,11-15,28H,27H2,1-3H3. The summed E-state index contributed by atoms with van der Waals surface area (Å²) < 4.78 is 13.8. The molecule has 4 rings (SSSR count). The average molecular weight is 371 g/mol. The van der Waals surface area contributed by atoms with Gasteiger partial charge >= 0.3 is 0 Å². The monoisotopic (exact) mass is 371 g/mol. The van der Waals surface area contributed by atoms with Crippen LogP contribution in [0.5, 0.6) is 0 Å². The lowest BCUT2D eigenvalue weighted by atomic mass is 9.90. The van der Waals surface area contributed by atoms with Crippen LogP contribution in [0, 0.1) is 17.7 Å². The third-order valence-electron chi connectivity index (χ3n) is 5.09. The molecule has 28 heavy (non-hydrogen) atoms. The van der Waals surface area contributed by atoms with E-state index in [1.54, 1.807) is 26.0 Å². The van der Waals surface area contributed by atoms with E-state index in [1.165, 1.54) is 11.6 Å². The molecule has 140 valence electrons. The molecule has 3 N–H and O–H groups in total. The molecule has 1 aliphatic rings. The van der Waals surface area contributed by atoms with E-state index >= 15 is 0 Å². The van der Waals surface area contributed by atoms with Crippen LogP contribution < -0.4 is 5.73 Å². The van der Waals surface area contributed by atoms with Crippen LogP contribution in [-0.4, -0.2) is 10.7 Å². The van der Waals surface area contributed by atoms with Crippen molar-refractivity contribution >= 4 is 5.69 Å². The average Bonchev–Trinajstić information content (AvgIpc) is 2.91. The molecule has 0 spiro atoms. The zero-order valence-corrected chi connectivity index (χ0v) is 16.2. The number of anilines is 1. The number of nitrogens with two attached hydrogens (primary N) is 1. The number of rotatable bonds is 1. The fourth-order valence-electron chi connectivity index (χ4n) is 3.88. The van der Waals surface area contributed by atoms with Crippen molar-refractivity contribution in [2.45, 2.75) is 32.3 Å². The summed E-state index contributed by atoms with van der Waals surface area (Å²) in [6, 6.07) is 16.6. The van der Waals surface area contributed by atoms with Gasteiger partial charge in [0.05, 0.1) is 0 Å². The lowest BCUT2D eigenvalue weighted by molar-refractivity contribution is 0.143. The first-order chi connectivity index (χ1) is 13.2. The van der Waals surface area contributed by atoms with Crippen LogP contribution in [0.25, 0.3) is 22.3 Å². The summed E-state index contributed by atoms with van der Waals surface area (Å²) in [4.78, 5) is 0. The number of fused-ring (bicyclic) bond motifs is 3. The normalized spacial score (nSPS) is 14.8. The number of hydrogen-bond acceptors (Lipinski definition) is 2. The molecule has 1 unspecified atom stereocenters. The van der Waals surface area contributed by atoms with E-state index in [-0.39, 0.29) is 11.7 Å². The van der Waals surface area contributed by atoms with E-state index in [4.69, 9.17) is 5.73 Å². The number of benzene rings is 3. The van der Waals surface area contributed by atoms with Crippen LogP contribution in [0.15, 0.2) is 54.6 Å². The Morgan fingerprint density at radius 2 is 1.75 bits per heavy atom. The molecule has 0 amide bonds. The predicted octanol–water partition coefficient (Wildman–Crippen LogP) is 5.33. The van der Waals surface area contributed by atoms with Crippen molar-refractivity contribution < 1.29 is 9.50 Å². The molecular weight excluding hydrogens is 349 g/mol. The second-order valence-electron chi connectivity index (χ2n) is 7.87. The Hall–Kier alpha value is -3.09. The predicted molar refractivity (Wildman–Crippen MR) is 112 cm³/mol. The molecule has 0 fully saturated rings. The Morgan fingerprint density at radius 1 is 1.00 bits per heavy atom. The molecule has 0 aromatic heterocycles. The lowest BCUT2D eigenvalue weighted by Crippen LogP contribution is -2.14. The molecule has 2 nitrogen and oxygen atoms in total. The van der Waals surface area contributed by atoms with Crippen molar-refractivity contribution in [3.05, 3.63) is 77.1 Å². The van der Waals surface area contributed by atoms with Crippen LogP contribution in [0.4, 0.5) is 10.1 Å². The van der Waals surface area contributed by atoms with Gasteiger partial charge in [0.15, 0.2) is 0 Å². The van der Waals surface area contributed by atoms with Gasteiger partial charge in [-0.25, -0.2) is 4.39 Å². The highest BCUT2D eigenvalue weighted by Gasteiger charge is 2.29. The minimum atomic E-state index is -1.04. The fourth-order valence-corrected chi connectivity index (χ4v) is 3.88. The summed E-state index contributed by atoms with van der Waals surface area (Å²) >= 11 is 0. The molecule has 0 saturated carbocycles. The first kappa shape index (κ1) is 18.3. The third kappa shape index (κ3) is 3.28. The number of hydrogen-bond donors (Lipinski definition) is 2. The Morgan fingerprint density at radius 3 is 2.46 bits per heavy atom. The van der Waals surface area contributed by atoms with Crippen LogP contribution >= 0.6 is 0 Å². The molecular formula is C25H22FNO. The maximum Gasteiger partial charge on any atom is 0.123 e. The van der Waals surface area contributed by atoms with Gasteiger partial charge in [-0.1, -0.05) is 37.0 Å². The number of aliphatic hydroxyl groups is 1. The SMILES string of the molecule is CC1c2cc(C#CC(C)(C)O)ccc2-c2cc(N)cc(-c3cccc(F)c3)c21. The van der Waals surface area contributed by atoms with E-state index in [0.29, 0.717) is 5.69 Å². The highest BCUT2D eigenvalue weighted by Crippen LogP contribution is 2.49. The maximum absolute atomic E-state index is 13.8. The van der Waals surface area contributed by atoms with Crippen molar-refractivity contribution in [3.63, 3.8) is 0 Å². The number of nitrogen functional groups attached to an aromatic ring is 1. The third-order valence-corrected chi connectivity index (χ3v) is 5.09. The van der Waals surface area contributed by atoms with Gasteiger partial charge in [-0.2, -0.15) is 0 Å². The summed E-state index contributed by atoms with van der Waals surface area (Å²) in [7, 11) is 0. The van der Waals surface area contributed by atoms with Crippen LogP contribution in [0.3, 0.4) is 0 Å². The maximum atomic E-state index is 13.8. The Bertz CT molecular complexity index is 1150. The molecule has 0 bridgehead atoms. The van der Waals surface area contributed by atoms with Gasteiger partial charge in [-0.15, -0.1) is 0 Å². The zero-order chi connectivity index (χ0) is 20.1.